The summed E-state index contributed by atoms with van der Waals surface area (Å²) in [6.07, 6.45) is 4.48. The Balaban J connectivity index is 2.04. The molecule has 5 heteroatoms. The van der Waals surface area contributed by atoms with Crippen LogP contribution in [0.3, 0.4) is 0 Å². The van der Waals surface area contributed by atoms with Gasteiger partial charge in [0.2, 0.25) is 0 Å². The van der Waals surface area contributed by atoms with Gasteiger partial charge in [-0.15, -0.1) is 0 Å². The molecule has 1 aromatic carbocycles. The van der Waals surface area contributed by atoms with Gasteiger partial charge in [-0.25, -0.2) is 4.98 Å². The summed E-state index contributed by atoms with van der Waals surface area (Å²) in [6.45, 7) is 2.48. The lowest BCUT2D eigenvalue weighted by atomic mass is 10.1. The molecule has 0 aliphatic heterocycles. The Morgan fingerprint density at radius 3 is 2.94 bits per heavy atom. The van der Waals surface area contributed by atoms with Gasteiger partial charge in [0.1, 0.15) is 5.69 Å². The number of hydrogen-bond donors (Lipinski definition) is 1. The van der Waals surface area contributed by atoms with Crippen LogP contribution in [0.2, 0.25) is 0 Å². The summed E-state index contributed by atoms with van der Waals surface area (Å²) in [5.41, 5.74) is 2.53. The molecule has 1 heterocycles. The average molecular weight is 306 g/mol. The second kappa shape index (κ2) is 5.73. The van der Waals surface area contributed by atoms with E-state index in [0.717, 1.165) is 15.6 Å². The summed E-state index contributed by atoms with van der Waals surface area (Å²) < 4.78 is 0.997. The standard InChI is InChI=1S/C13H12BrN3O/c1-9-2-3-11(14)6-10(9)7-17-13(18)12-8-15-4-5-16-12/h2-6,8H,7H2,1H3,(H,17,18). The first-order valence-electron chi connectivity index (χ1n) is 5.46. The average Bonchev–Trinajstić information content (AvgIpc) is 2.40. The van der Waals surface area contributed by atoms with E-state index in [0.29, 0.717) is 12.2 Å². The summed E-state index contributed by atoms with van der Waals surface area (Å²) in [6, 6.07) is 5.98. The topological polar surface area (TPSA) is 54.9 Å². The van der Waals surface area contributed by atoms with E-state index in [2.05, 4.69) is 31.2 Å². The number of carbonyl (C=O) groups excluding carboxylic acids is 1. The molecule has 0 atom stereocenters. The first kappa shape index (κ1) is 12.7. The van der Waals surface area contributed by atoms with Gasteiger partial charge < -0.3 is 5.32 Å². The van der Waals surface area contributed by atoms with Crippen molar-refractivity contribution in [2.24, 2.45) is 0 Å². The van der Waals surface area contributed by atoms with E-state index in [1.165, 1.54) is 18.6 Å². The predicted octanol–water partition coefficient (Wildman–Crippen LogP) is 2.48. The van der Waals surface area contributed by atoms with Gasteiger partial charge in [0.25, 0.3) is 5.91 Å². The van der Waals surface area contributed by atoms with Crippen molar-refractivity contribution < 1.29 is 4.79 Å². The minimum Gasteiger partial charge on any atom is -0.347 e. The van der Waals surface area contributed by atoms with Crippen molar-refractivity contribution in [1.29, 1.82) is 0 Å². The van der Waals surface area contributed by atoms with E-state index in [4.69, 9.17) is 0 Å². The Bertz CT molecular complexity index is 557. The molecule has 4 nitrogen and oxygen atoms in total. The van der Waals surface area contributed by atoms with Crippen molar-refractivity contribution in [3.05, 3.63) is 58.1 Å². The van der Waals surface area contributed by atoms with E-state index in [1.54, 1.807) is 0 Å². The number of hydrogen-bond acceptors (Lipinski definition) is 3. The monoisotopic (exact) mass is 305 g/mol. The van der Waals surface area contributed by atoms with Gasteiger partial charge in [0.05, 0.1) is 6.20 Å². The smallest absolute Gasteiger partial charge is 0.271 e. The maximum Gasteiger partial charge on any atom is 0.271 e. The van der Waals surface area contributed by atoms with Crippen LogP contribution in [-0.2, 0) is 6.54 Å². The third-order valence-corrected chi connectivity index (χ3v) is 3.04. The van der Waals surface area contributed by atoms with Crippen LogP contribution in [0.1, 0.15) is 21.6 Å². The highest BCUT2D eigenvalue weighted by atomic mass is 79.9. The molecule has 18 heavy (non-hydrogen) atoms. The molecule has 0 saturated carbocycles. The van der Waals surface area contributed by atoms with E-state index in [9.17, 15) is 4.79 Å². The van der Waals surface area contributed by atoms with Gasteiger partial charge in [-0.1, -0.05) is 22.0 Å². The quantitative estimate of drug-likeness (QED) is 0.948. The molecule has 0 bridgehead atoms. The molecule has 0 spiro atoms. The summed E-state index contributed by atoms with van der Waals surface area (Å²) >= 11 is 3.41. The van der Waals surface area contributed by atoms with Crippen molar-refractivity contribution in [2.45, 2.75) is 13.5 Å². The molecule has 0 saturated heterocycles. The van der Waals surface area contributed by atoms with Crippen LogP contribution in [0.25, 0.3) is 0 Å². The van der Waals surface area contributed by atoms with Gasteiger partial charge in [-0.2, -0.15) is 0 Å². The lowest BCUT2D eigenvalue weighted by molar-refractivity contribution is 0.0945. The number of nitrogens with zero attached hydrogens (tertiary/aromatic N) is 2. The Hall–Kier alpha value is -1.75. The number of halogens is 1. The molecule has 0 aliphatic rings. The van der Waals surface area contributed by atoms with Crippen LogP contribution in [0, 0.1) is 6.92 Å². The molecule has 2 aromatic rings. The molecule has 2 rings (SSSR count). The zero-order valence-electron chi connectivity index (χ0n) is 9.85. The van der Waals surface area contributed by atoms with Gasteiger partial charge in [-0.3, -0.25) is 9.78 Å². The number of aryl methyl sites for hydroxylation is 1. The fourth-order valence-corrected chi connectivity index (χ4v) is 1.92. The number of aromatic nitrogens is 2. The lowest BCUT2D eigenvalue weighted by Gasteiger charge is -2.08. The Morgan fingerprint density at radius 1 is 1.39 bits per heavy atom. The third-order valence-electron chi connectivity index (χ3n) is 2.55. The maximum atomic E-state index is 11.8. The number of rotatable bonds is 3. The molecular weight excluding hydrogens is 294 g/mol. The molecule has 92 valence electrons. The van der Waals surface area contributed by atoms with Crippen LogP contribution in [-0.4, -0.2) is 15.9 Å². The van der Waals surface area contributed by atoms with Crippen molar-refractivity contribution >= 4 is 21.8 Å². The lowest BCUT2D eigenvalue weighted by Crippen LogP contribution is -2.24. The highest BCUT2D eigenvalue weighted by Crippen LogP contribution is 2.15. The molecule has 1 N–H and O–H groups in total. The maximum absolute atomic E-state index is 11.8. The van der Waals surface area contributed by atoms with Crippen molar-refractivity contribution in [1.82, 2.24) is 15.3 Å². The van der Waals surface area contributed by atoms with Gasteiger partial charge in [-0.05, 0) is 30.2 Å². The number of benzene rings is 1. The van der Waals surface area contributed by atoms with Crippen LogP contribution in [0.4, 0.5) is 0 Å². The summed E-state index contributed by atoms with van der Waals surface area (Å²) in [5.74, 6) is -0.220. The second-order valence-electron chi connectivity index (χ2n) is 3.84. The third kappa shape index (κ3) is 3.13. The van der Waals surface area contributed by atoms with Gasteiger partial charge in [0.15, 0.2) is 0 Å². The largest absolute Gasteiger partial charge is 0.347 e. The molecule has 0 fully saturated rings. The number of amides is 1. The minimum atomic E-state index is -0.220. The Labute approximate surface area is 114 Å². The van der Waals surface area contributed by atoms with Crippen LogP contribution < -0.4 is 5.32 Å². The molecule has 0 radical (unpaired) electrons. The van der Waals surface area contributed by atoms with Gasteiger partial charge >= 0.3 is 0 Å². The van der Waals surface area contributed by atoms with Crippen molar-refractivity contribution in [3.8, 4) is 0 Å². The van der Waals surface area contributed by atoms with Crippen LogP contribution in [0.5, 0.6) is 0 Å². The summed E-state index contributed by atoms with van der Waals surface area (Å²) in [4.78, 5) is 19.6. The minimum absolute atomic E-state index is 0.220. The van der Waals surface area contributed by atoms with Crippen LogP contribution in [0.15, 0.2) is 41.3 Å². The Kier molecular flexibility index (Phi) is 4.04. The zero-order chi connectivity index (χ0) is 13.0. The summed E-state index contributed by atoms with van der Waals surface area (Å²) in [5, 5.41) is 2.82. The normalized spacial score (nSPS) is 10.1. The first-order chi connectivity index (χ1) is 8.66. The fourth-order valence-electron chi connectivity index (χ4n) is 1.51. The van der Waals surface area contributed by atoms with E-state index in [1.807, 2.05) is 25.1 Å². The highest BCUT2D eigenvalue weighted by molar-refractivity contribution is 9.10. The van der Waals surface area contributed by atoms with Crippen molar-refractivity contribution in [2.75, 3.05) is 0 Å². The zero-order valence-corrected chi connectivity index (χ0v) is 11.4. The van der Waals surface area contributed by atoms with E-state index < -0.39 is 0 Å². The predicted molar refractivity (Wildman–Crippen MR) is 72.1 cm³/mol. The highest BCUT2D eigenvalue weighted by Gasteiger charge is 2.07. The Morgan fingerprint density at radius 2 is 2.22 bits per heavy atom. The molecular formula is C13H12BrN3O. The van der Waals surface area contributed by atoms with Gasteiger partial charge in [0, 0.05) is 23.4 Å². The van der Waals surface area contributed by atoms with Crippen molar-refractivity contribution in [3.63, 3.8) is 0 Å². The molecule has 1 amide bonds. The SMILES string of the molecule is Cc1ccc(Br)cc1CNC(=O)c1cnccn1. The van der Waals surface area contributed by atoms with E-state index in [-0.39, 0.29) is 5.91 Å². The second-order valence-corrected chi connectivity index (χ2v) is 4.76. The molecule has 0 aliphatic carbocycles. The number of nitrogens with one attached hydrogen (secondary N) is 1. The molecule has 1 aromatic heterocycles. The summed E-state index contributed by atoms with van der Waals surface area (Å²) in [7, 11) is 0. The first-order valence-corrected chi connectivity index (χ1v) is 6.25. The fraction of sp³-hybridized carbons (Fsp3) is 0.154. The van der Waals surface area contributed by atoms with E-state index >= 15 is 0 Å². The molecule has 0 unspecified atom stereocenters. The van der Waals surface area contributed by atoms with Crippen LogP contribution >= 0.6 is 15.9 Å². The number of carbonyl (C=O) groups is 1.